The smallest absolute Gasteiger partial charge is 0.0587 e. The first-order valence-corrected chi connectivity index (χ1v) is 5.02. The van der Waals surface area contributed by atoms with Crippen LogP contribution in [0, 0.1) is 5.92 Å². The van der Waals surface area contributed by atoms with Gasteiger partial charge in [0.2, 0.25) is 0 Å². The van der Waals surface area contributed by atoms with Gasteiger partial charge in [0, 0.05) is 12.1 Å². The maximum Gasteiger partial charge on any atom is 0.0587 e. The van der Waals surface area contributed by atoms with Crippen LogP contribution in [0.5, 0.6) is 0 Å². The van der Waals surface area contributed by atoms with E-state index in [-0.39, 0.29) is 12.6 Å². The third-order valence-corrected chi connectivity index (χ3v) is 2.44. The van der Waals surface area contributed by atoms with Crippen LogP contribution in [0.25, 0.3) is 0 Å². The normalized spacial score (nSPS) is 14.2. The zero-order chi connectivity index (χ0) is 9.56. The monoisotopic (exact) mass is 173 g/mol. The summed E-state index contributed by atoms with van der Waals surface area (Å²) in [4.78, 5) is 0. The number of nitrogens with one attached hydrogen (secondary N) is 1. The Hall–Kier alpha value is -0.0800. The molecule has 0 aromatic carbocycles. The van der Waals surface area contributed by atoms with Crippen molar-refractivity contribution in [3.63, 3.8) is 0 Å². The molecule has 0 aromatic heterocycles. The van der Waals surface area contributed by atoms with Gasteiger partial charge in [0.05, 0.1) is 6.61 Å². The molecule has 0 radical (unpaired) electrons. The second-order valence-electron chi connectivity index (χ2n) is 3.71. The summed E-state index contributed by atoms with van der Waals surface area (Å²) in [5.74, 6) is 0.510. The summed E-state index contributed by atoms with van der Waals surface area (Å²) in [6.45, 7) is 8.87. The highest BCUT2D eigenvalue weighted by molar-refractivity contribution is 4.74. The predicted octanol–water partition coefficient (Wildman–Crippen LogP) is 1.78. The van der Waals surface area contributed by atoms with Gasteiger partial charge in [-0.1, -0.05) is 27.7 Å². The van der Waals surface area contributed by atoms with Gasteiger partial charge in [-0.25, -0.2) is 0 Å². The molecule has 2 N–H and O–H groups in total. The second-order valence-corrected chi connectivity index (χ2v) is 3.71. The fraction of sp³-hybridized carbons (Fsp3) is 1.00. The molecule has 0 unspecified atom stereocenters. The molecule has 0 amide bonds. The molecule has 0 bridgehead atoms. The Morgan fingerprint density at radius 3 is 1.92 bits per heavy atom. The first kappa shape index (κ1) is 11.9. The van der Waals surface area contributed by atoms with Crippen LogP contribution < -0.4 is 5.32 Å². The molecule has 0 aliphatic heterocycles. The molecule has 0 aromatic rings. The number of aliphatic hydroxyl groups excluding tert-OH is 1. The summed E-state index contributed by atoms with van der Waals surface area (Å²) < 4.78 is 0. The van der Waals surface area contributed by atoms with Crippen molar-refractivity contribution in [2.45, 2.75) is 52.6 Å². The summed E-state index contributed by atoms with van der Waals surface area (Å²) in [6.07, 6.45) is 2.28. The third-order valence-electron chi connectivity index (χ3n) is 2.44. The Labute approximate surface area is 76.4 Å². The van der Waals surface area contributed by atoms with Crippen molar-refractivity contribution in [1.82, 2.24) is 5.32 Å². The first-order chi connectivity index (χ1) is 5.65. The van der Waals surface area contributed by atoms with Crippen LogP contribution in [-0.4, -0.2) is 23.8 Å². The molecule has 12 heavy (non-hydrogen) atoms. The van der Waals surface area contributed by atoms with E-state index in [1.807, 2.05) is 0 Å². The standard InChI is InChI=1S/C10H23NO/c1-5-9(6-2)11-10(7-12)8(3)4/h8-12H,5-7H2,1-4H3/t10-/m0/s1. The molecule has 0 rings (SSSR count). The predicted molar refractivity (Wildman–Crippen MR) is 53.2 cm³/mol. The van der Waals surface area contributed by atoms with Gasteiger partial charge < -0.3 is 10.4 Å². The molecule has 74 valence electrons. The zero-order valence-corrected chi connectivity index (χ0v) is 8.80. The number of aliphatic hydroxyl groups is 1. The molecule has 0 heterocycles. The Kier molecular flexibility index (Phi) is 6.39. The third kappa shape index (κ3) is 4.07. The summed E-state index contributed by atoms with van der Waals surface area (Å²) in [5, 5.41) is 12.5. The van der Waals surface area contributed by atoms with Gasteiger partial charge >= 0.3 is 0 Å². The Bertz CT molecular complexity index is 100. The maximum absolute atomic E-state index is 9.07. The Balaban J connectivity index is 3.82. The van der Waals surface area contributed by atoms with Gasteiger partial charge in [-0.3, -0.25) is 0 Å². The molecule has 2 heteroatoms. The van der Waals surface area contributed by atoms with Crippen LogP contribution in [0.4, 0.5) is 0 Å². The topological polar surface area (TPSA) is 32.3 Å². The van der Waals surface area contributed by atoms with E-state index < -0.39 is 0 Å². The minimum atomic E-state index is 0.244. The number of hydrogen-bond acceptors (Lipinski definition) is 2. The van der Waals surface area contributed by atoms with Gasteiger partial charge in [0.15, 0.2) is 0 Å². The largest absolute Gasteiger partial charge is 0.395 e. The summed E-state index contributed by atoms with van der Waals surface area (Å²) in [5.41, 5.74) is 0. The first-order valence-electron chi connectivity index (χ1n) is 5.02. The van der Waals surface area contributed by atoms with Crippen LogP contribution in [0.3, 0.4) is 0 Å². The fourth-order valence-corrected chi connectivity index (χ4v) is 1.28. The average Bonchev–Trinajstić information content (AvgIpc) is 2.06. The van der Waals surface area contributed by atoms with E-state index in [1.165, 1.54) is 0 Å². The Morgan fingerprint density at radius 2 is 1.67 bits per heavy atom. The minimum absolute atomic E-state index is 0.244. The Morgan fingerprint density at radius 1 is 1.17 bits per heavy atom. The van der Waals surface area contributed by atoms with E-state index in [2.05, 4.69) is 33.0 Å². The highest BCUT2D eigenvalue weighted by Gasteiger charge is 2.14. The highest BCUT2D eigenvalue weighted by atomic mass is 16.3. The van der Waals surface area contributed by atoms with Crippen LogP contribution in [0.2, 0.25) is 0 Å². The van der Waals surface area contributed by atoms with E-state index in [9.17, 15) is 0 Å². The molecule has 0 fully saturated rings. The second kappa shape index (κ2) is 6.44. The zero-order valence-electron chi connectivity index (χ0n) is 8.80. The molecule has 1 atom stereocenters. The van der Waals surface area contributed by atoms with E-state index >= 15 is 0 Å². The number of hydrogen-bond donors (Lipinski definition) is 2. The van der Waals surface area contributed by atoms with E-state index in [1.54, 1.807) is 0 Å². The van der Waals surface area contributed by atoms with Crippen molar-refractivity contribution >= 4 is 0 Å². The molecule has 0 saturated heterocycles. The van der Waals surface area contributed by atoms with Gasteiger partial charge in [0.1, 0.15) is 0 Å². The van der Waals surface area contributed by atoms with Gasteiger partial charge in [-0.05, 0) is 18.8 Å². The lowest BCUT2D eigenvalue weighted by molar-refractivity contribution is 0.196. The molecular weight excluding hydrogens is 150 g/mol. The van der Waals surface area contributed by atoms with Crippen LogP contribution in [-0.2, 0) is 0 Å². The average molecular weight is 173 g/mol. The molecule has 0 aliphatic carbocycles. The minimum Gasteiger partial charge on any atom is -0.395 e. The van der Waals surface area contributed by atoms with Crippen molar-refractivity contribution < 1.29 is 5.11 Å². The van der Waals surface area contributed by atoms with Crippen molar-refractivity contribution in [1.29, 1.82) is 0 Å². The highest BCUT2D eigenvalue weighted by Crippen LogP contribution is 2.05. The SMILES string of the molecule is CCC(CC)N[C@@H](CO)C(C)C. The molecule has 2 nitrogen and oxygen atoms in total. The van der Waals surface area contributed by atoms with Gasteiger partial charge in [-0.15, -0.1) is 0 Å². The van der Waals surface area contributed by atoms with Crippen molar-refractivity contribution in [2.75, 3.05) is 6.61 Å². The van der Waals surface area contributed by atoms with Crippen molar-refractivity contribution in [3.8, 4) is 0 Å². The maximum atomic E-state index is 9.07. The van der Waals surface area contributed by atoms with E-state index in [4.69, 9.17) is 5.11 Å². The summed E-state index contributed by atoms with van der Waals surface area (Å²) in [6, 6.07) is 0.819. The lowest BCUT2D eigenvalue weighted by Gasteiger charge is -2.25. The quantitative estimate of drug-likeness (QED) is 0.641. The van der Waals surface area contributed by atoms with Crippen LogP contribution >= 0.6 is 0 Å². The van der Waals surface area contributed by atoms with Gasteiger partial charge in [-0.2, -0.15) is 0 Å². The molecule has 0 saturated carbocycles. The van der Waals surface area contributed by atoms with E-state index in [0.29, 0.717) is 12.0 Å². The van der Waals surface area contributed by atoms with Crippen molar-refractivity contribution in [3.05, 3.63) is 0 Å². The molecular formula is C10H23NO. The summed E-state index contributed by atoms with van der Waals surface area (Å²) in [7, 11) is 0. The van der Waals surface area contributed by atoms with Crippen LogP contribution in [0.1, 0.15) is 40.5 Å². The lowest BCUT2D eigenvalue weighted by Crippen LogP contribution is -2.43. The van der Waals surface area contributed by atoms with Gasteiger partial charge in [0.25, 0.3) is 0 Å². The van der Waals surface area contributed by atoms with E-state index in [0.717, 1.165) is 12.8 Å². The number of rotatable bonds is 6. The van der Waals surface area contributed by atoms with Crippen LogP contribution in [0.15, 0.2) is 0 Å². The lowest BCUT2D eigenvalue weighted by atomic mass is 10.0. The fourth-order valence-electron chi connectivity index (χ4n) is 1.28. The molecule has 0 aliphatic rings. The molecule has 0 spiro atoms. The summed E-state index contributed by atoms with van der Waals surface area (Å²) >= 11 is 0. The van der Waals surface area contributed by atoms with Crippen molar-refractivity contribution in [2.24, 2.45) is 5.92 Å².